The van der Waals surface area contributed by atoms with E-state index in [4.69, 9.17) is 4.74 Å². The van der Waals surface area contributed by atoms with Gasteiger partial charge in [0.2, 0.25) is 11.8 Å². The fraction of sp³-hybridized carbons (Fsp3) is 0.550. The van der Waals surface area contributed by atoms with Crippen LogP contribution in [0.4, 0.5) is 9.18 Å². The quantitative estimate of drug-likeness (QED) is 0.822. The number of piperazine rings is 1. The fourth-order valence-electron chi connectivity index (χ4n) is 3.01. The standard InChI is InChI=1S/C20H28FN3O4/c1-12(2)15(23-19(27)28-20(3,4)5)18(26)24-11-10-22-17(25)16(24)13-6-8-14(21)9-7-13/h6-9,12,15-16H,10-11H2,1-5H3,(H,22,25)(H,23,27). The van der Waals surface area contributed by atoms with E-state index in [0.717, 1.165) is 0 Å². The fourth-order valence-corrected chi connectivity index (χ4v) is 3.01. The molecule has 0 radical (unpaired) electrons. The summed E-state index contributed by atoms with van der Waals surface area (Å²) < 4.78 is 18.5. The number of nitrogens with one attached hydrogen (secondary N) is 2. The number of carbonyl (C=O) groups is 3. The summed E-state index contributed by atoms with van der Waals surface area (Å²) in [5.74, 6) is -1.38. The molecule has 1 saturated heterocycles. The van der Waals surface area contributed by atoms with Crippen molar-refractivity contribution in [2.24, 2.45) is 5.92 Å². The molecule has 1 aromatic carbocycles. The Kier molecular flexibility index (Phi) is 6.64. The van der Waals surface area contributed by atoms with E-state index in [0.29, 0.717) is 12.1 Å². The van der Waals surface area contributed by atoms with Crippen LogP contribution in [-0.2, 0) is 14.3 Å². The maximum absolute atomic E-state index is 13.3. The Morgan fingerprint density at radius 2 is 1.86 bits per heavy atom. The van der Waals surface area contributed by atoms with Crippen molar-refractivity contribution >= 4 is 17.9 Å². The first-order chi connectivity index (χ1) is 13.0. The van der Waals surface area contributed by atoms with Crippen LogP contribution >= 0.6 is 0 Å². The van der Waals surface area contributed by atoms with Crippen molar-refractivity contribution in [3.05, 3.63) is 35.6 Å². The minimum absolute atomic E-state index is 0.223. The molecule has 1 heterocycles. The zero-order valence-corrected chi connectivity index (χ0v) is 16.9. The maximum atomic E-state index is 13.3. The molecule has 0 spiro atoms. The highest BCUT2D eigenvalue weighted by Crippen LogP contribution is 2.25. The van der Waals surface area contributed by atoms with Gasteiger partial charge in [0.15, 0.2) is 0 Å². The van der Waals surface area contributed by atoms with Crippen LogP contribution in [0.1, 0.15) is 46.2 Å². The number of hydrogen-bond donors (Lipinski definition) is 2. The van der Waals surface area contributed by atoms with E-state index in [2.05, 4.69) is 10.6 Å². The first-order valence-electron chi connectivity index (χ1n) is 9.33. The number of rotatable bonds is 4. The van der Waals surface area contributed by atoms with E-state index >= 15 is 0 Å². The average Bonchev–Trinajstić information content (AvgIpc) is 2.58. The first-order valence-corrected chi connectivity index (χ1v) is 9.33. The third kappa shape index (κ3) is 5.43. The van der Waals surface area contributed by atoms with Gasteiger partial charge in [0.1, 0.15) is 23.5 Å². The van der Waals surface area contributed by atoms with Crippen molar-refractivity contribution in [1.82, 2.24) is 15.5 Å². The third-order valence-corrected chi connectivity index (χ3v) is 4.29. The van der Waals surface area contributed by atoms with Gasteiger partial charge in [-0.3, -0.25) is 9.59 Å². The highest BCUT2D eigenvalue weighted by Gasteiger charge is 2.39. The van der Waals surface area contributed by atoms with E-state index in [1.54, 1.807) is 34.6 Å². The molecule has 1 aliphatic rings. The lowest BCUT2D eigenvalue weighted by molar-refractivity contribution is -0.145. The second-order valence-electron chi connectivity index (χ2n) is 8.14. The van der Waals surface area contributed by atoms with Gasteiger partial charge in [0.25, 0.3) is 0 Å². The molecule has 2 unspecified atom stereocenters. The summed E-state index contributed by atoms with van der Waals surface area (Å²) in [6, 6.07) is 3.72. The molecule has 7 nitrogen and oxygen atoms in total. The summed E-state index contributed by atoms with van der Waals surface area (Å²) in [6.07, 6.45) is -0.695. The van der Waals surface area contributed by atoms with E-state index in [-0.39, 0.29) is 24.3 Å². The Morgan fingerprint density at radius 3 is 2.39 bits per heavy atom. The number of ether oxygens (including phenoxy) is 1. The molecule has 0 aliphatic carbocycles. The summed E-state index contributed by atoms with van der Waals surface area (Å²) in [7, 11) is 0. The SMILES string of the molecule is CC(C)C(NC(=O)OC(C)(C)C)C(=O)N1CCNC(=O)C1c1ccc(F)cc1. The second-order valence-corrected chi connectivity index (χ2v) is 8.14. The highest BCUT2D eigenvalue weighted by atomic mass is 19.1. The topological polar surface area (TPSA) is 87.7 Å². The normalized spacial score (nSPS) is 18.5. The zero-order valence-electron chi connectivity index (χ0n) is 16.9. The third-order valence-electron chi connectivity index (χ3n) is 4.29. The van der Waals surface area contributed by atoms with Crippen LogP contribution < -0.4 is 10.6 Å². The predicted octanol–water partition coefficient (Wildman–Crippen LogP) is 2.37. The molecule has 8 heteroatoms. The molecule has 2 atom stereocenters. The van der Waals surface area contributed by atoms with Crippen molar-refractivity contribution in [2.75, 3.05) is 13.1 Å². The lowest BCUT2D eigenvalue weighted by atomic mass is 9.98. The van der Waals surface area contributed by atoms with Gasteiger partial charge in [-0.15, -0.1) is 0 Å². The Bertz CT molecular complexity index is 728. The van der Waals surface area contributed by atoms with Crippen molar-refractivity contribution in [3.63, 3.8) is 0 Å². The van der Waals surface area contributed by atoms with Crippen molar-refractivity contribution in [2.45, 2.75) is 52.3 Å². The molecule has 1 fully saturated rings. The van der Waals surface area contributed by atoms with Crippen molar-refractivity contribution in [1.29, 1.82) is 0 Å². The average molecular weight is 393 g/mol. The summed E-state index contributed by atoms with van der Waals surface area (Å²) in [6.45, 7) is 9.40. The van der Waals surface area contributed by atoms with Crippen LogP contribution in [0.2, 0.25) is 0 Å². The van der Waals surface area contributed by atoms with Gasteiger partial charge in [0.05, 0.1) is 0 Å². The van der Waals surface area contributed by atoms with Crippen LogP contribution in [0.3, 0.4) is 0 Å². The smallest absolute Gasteiger partial charge is 0.408 e. The monoisotopic (exact) mass is 393 g/mol. The summed E-state index contributed by atoms with van der Waals surface area (Å²) >= 11 is 0. The lowest BCUT2D eigenvalue weighted by Gasteiger charge is -2.38. The molecular weight excluding hydrogens is 365 g/mol. The maximum Gasteiger partial charge on any atom is 0.408 e. The highest BCUT2D eigenvalue weighted by molar-refractivity contribution is 5.93. The Hall–Kier alpha value is -2.64. The van der Waals surface area contributed by atoms with Crippen LogP contribution in [-0.4, -0.2) is 47.5 Å². The number of halogens is 1. The van der Waals surface area contributed by atoms with Gasteiger partial charge in [-0.1, -0.05) is 26.0 Å². The molecule has 1 aromatic rings. The lowest BCUT2D eigenvalue weighted by Crippen LogP contribution is -2.58. The Balaban J connectivity index is 2.26. The summed E-state index contributed by atoms with van der Waals surface area (Å²) in [5, 5.41) is 5.35. The molecule has 1 aliphatic heterocycles. The van der Waals surface area contributed by atoms with Crippen molar-refractivity contribution in [3.8, 4) is 0 Å². The molecular formula is C20H28FN3O4. The minimum atomic E-state index is -0.886. The molecule has 2 N–H and O–H groups in total. The Labute approximate surface area is 164 Å². The molecule has 28 heavy (non-hydrogen) atoms. The summed E-state index contributed by atoms with van der Waals surface area (Å²) in [4.78, 5) is 39.3. The van der Waals surface area contributed by atoms with Gasteiger partial charge < -0.3 is 20.3 Å². The number of alkyl carbamates (subject to hydrolysis) is 1. The molecule has 0 saturated carbocycles. The van der Waals surface area contributed by atoms with Crippen LogP contribution in [0.5, 0.6) is 0 Å². The summed E-state index contributed by atoms with van der Waals surface area (Å²) in [5.41, 5.74) is -0.192. The van der Waals surface area contributed by atoms with Gasteiger partial charge >= 0.3 is 6.09 Å². The number of carbonyl (C=O) groups excluding carboxylic acids is 3. The molecule has 154 valence electrons. The Morgan fingerprint density at radius 1 is 1.25 bits per heavy atom. The number of hydrogen-bond acceptors (Lipinski definition) is 4. The zero-order chi connectivity index (χ0) is 21.1. The molecule has 0 bridgehead atoms. The molecule has 3 amide bonds. The molecule has 2 rings (SSSR count). The largest absolute Gasteiger partial charge is 0.444 e. The van der Waals surface area contributed by atoms with Crippen LogP contribution in [0.15, 0.2) is 24.3 Å². The molecule has 0 aromatic heterocycles. The number of nitrogens with zero attached hydrogens (tertiary/aromatic N) is 1. The van der Waals surface area contributed by atoms with Crippen LogP contribution in [0.25, 0.3) is 0 Å². The first kappa shape index (κ1) is 21.7. The van der Waals surface area contributed by atoms with Gasteiger partial charge in [-0.25, -0.2) is 9.18 Å². The van der Waals surface area contributed by atoms with E-state index in [9.17, 15) is 18.8 Å². The minimum Gasteiger partial charge on any atom is -0.444 e. The number of benzene rings is 1. The van der Waals surface area contributed by atoms with E-state index < -0.39 is 29.6 Å². The predicted molar refractivity (Wildman–Crippen MR) is 102 cm³/mol. The van der Waals surface area contributed by atoms with Gasteiger partial charge in [-0.2, -0.15) is 0 Å². The van der Waals surface area contributed by atoms with E-state index in [1.807, 2.05) is 0 Å². The van der Waals surface area contributed by atoms with E-state index in [1.165, 1.54) is 29.2 Å². The van der Waals surface area contributed by atoms with Gasteiger partial charge in [0, 0.05) is 13.1 Å². The number of amides is 3. The van der Waals surface area contributed by atoms with Crippen molar-refractivity contribution < 1.29 is 23.5 Å². The second kappa shape index (κ2) is 8.58. The van der Waals surface area contributed by atoms with Gasteiger partial charge in [-0.05, 0) is 44.4 Å². The van der Waals surface area contributed by atoms with Crippen LogP contribution in [0, 0.1) is 11.7 Å².